The lowest BCUT2D eigenvalue weighted by Gasteiger charge is -2.19. The zero-order valence-electron chi connectivity index (χ0n) is 13.3. The van der Waals surface area contributed by atoms with Crippen LogP contribution in [0.25, 0.3) is 0 Å². The molecule has 0 saturated heterocycles. The fourth-order valence-electron chi connectivity index (χ4n) is 1.82. The van der Waals surface area contributed by atoms with E-state index < -0.39 is 11.7 Å². The van der Waals surface area contributed by atoms with Gasteiger partial charge in [-0.15, -0.1) is 0 Å². The second-order valence-electron chi connectivity index (χ2n) is 5.86. The molecule has 0 fully saturated rings. The maximum Gasteiger partial charge on any atom is 0.412 e. The smallest absolute Gasteiger partial charge is 0.412 e. The molecule has 0 radical (unpaired) electrons. The second-order valence-corrected chi connectivity index (χ2v) is 5.86. The molecule has 5 heteroatoms. The zero-order chi connectivity index (χ0) is 16.9. The highest BCUT2D eigenvalue weighted by atomic mass is 16.6. The first-order valence-electron chi connectivity index (χ1n) is 7.14. The summed E-state index contributed by atoms with van der Waals surface area (Å²) in [5.74, 6) is 1.06. The van der Waals surface area contributed by atoms with Gasteiger partial charge in [0.25, 0.3) is 0 Å². The Hall–Kier alpha value is -3.00. The number of nitrogens with zero attached hydrogens (tertiary/aromatic N) is 1. The Morgan fingerprint density at radius 3 is 2.43 bits per heavy atom. The zero-order valence-corrected chi connectivity index (χ0v) is 13.3. The van der Waals surface area contributed by atoms with Gasteiger partial charge in [-0.1, -0.05) is 18.2 Å². The predicted octanol–water partition coefficient (Wildman–Crippen LogP) is 4.70. The number of anilines is 1. The SMILES string of the molecule is CC(C)(C)OC(=O)Nc1ccc(Oc2ccccc2)c(C#N)c1. The van der Waals surface area contributed by atoms with Crippen LogP contribution in [0.1, 0.15) is 26.3 Å². The van der Waals surface area contributed by atoms with E-state index in [1.807, 2.05) is 18.2 Å². The molecule has 2 rings (SSSR count). The van der Waals surface area contributed by atoms with Gasteiger partial charge >= 0.3 is 6.09 Å². The first-order valence-corrected chi connectivity index (χ1v) is 7.14. The van der Waals surface area contributed by atoms with Gasteiger partial charge in [0.15, 0.2) is 0 Å². The average molecular weight is 310 g/mol. The molecule has 0 bridgehead atoms. The molecule has 0 aliphatic carbocycles. The van der Waals surface area contributed by atoms with E-state index in [-0.39, 0.29) is 0 Å². The van der Waals surface area contributed by atoms with Crippen LogP contribution in [-0.2, 0) is 4.74 Å². The van der Waals surface area contributed by atoms with Crippen molar-refractivity contribution in [3.8, 4) is 17.6 Å². The molecule has 0 unspecified atom stereocenters. The van der Waals surface area contributed by atoms with Crippen LogP contribution in [0.2, 0.25) is 0 Å². The van der Waals surface area contributed by atoms with Crippen molar-refractivity contribution in [1.29, 1.82) is 5.26 Å². The third-order valence-electron chi connectivity index (χ3n) is 2.72. The van der Waals surface area contributed by atoms with Crippen LogP contribution in [0.3, 0.4) is 0 Å². The topological polar surface area (TPSA) is 71.3 Å². The quantitative estimate of drug-likeness (QED) is 0.892. The number of nitriles is 1. The van der Waals surface area contributed by atoms with Crippen LogP contribution in [0.5, 0.6) is 11.5 Å². The van der Waals surface area contributed by atoms with E-state index in [1.54, 1.807) is 51.1 Å². The third-order valence-corrected chi connectivity index (χ3v) is 2.72. The van der Waals surface area contributed by atoms with Crippen molar-refractivity contribution in [2.75, 3.05) is 5.32 Å². The summed E-state index contributed by atoms with van der Waals surface area (Å²) in [5, 5.41) is 11.9. The molecule has 118 valence electrons. The lowest BCUT2D eigenvalue weighted by Crippen LogP contribution is -2.27. The number of rotatable bonds is 3. The van der Waals surface area contributed by atoms with E-state index in [0.717, 1.165) is 0 Å². The number of benzene rings is 2. The van der Waals surface area contributed by atoms with Crippen LogP contribution < -0.4 is 10.1 Å². The van der Waals surface area contributed by atoms with Crippen molar-refractivity contribution in [2.45, 2.75) is 26.4 Å². The molecule has 2 aromatic rings. The summed E-state index contributed by atoms with van der Waals surface area (Å²) in [6, 6.07) is 16.1. The highest BCUT2D eigenvalue weighted by Crippen LogP contribution is 2.27. The maximum absolute atomic E-state index is 11.8. The molecule has 0 aliphatic heterocycles. The van der Waals surface area contributed by atoms with E-state index in [1.165, 1.54) is 0 Å². The number of hydrogen-bond acceptors (Lipinski definition) is 4. The molecule has 23 heavy (non-hydrogen) atoms. The molecule has 0 aromatic heterocycles. The van der Waals surface area contributed by atoms with Crippen molar-refractivity contribution in [3.63, 3.8) is 0 Å². The Morgan fingerprint density at radius 2 is 1.83 bits per heavy atom. The van der Waals surface area contributed by atoms with E-state index in [4.69, 9.17) is 9.47 Å². The number of carbonyl (C=O) groups is 1. The molecular weight excluding hydrogens is 292 g/mol. The molecule has 0 aliphatic rings. The van der Waals surface area contributed by atoms with Crippen molar-refractivity contribution in [1.82, 2.24) is 0 Å². The average Bonchev–Trinajstić information content (AvgIpc) is 2.48. The molecule has 2 aromatic carbocycles. The van der Waals surface area contributed by atoms with Gasteiger partial charge in [-0.3, -0.25) is 5.32 Å². The lowest BCUT2D eigenvalue weighted by molar-refractivity contribution is 0.0636. The van der Waals surface area contributed by atoms with E-state index in [0.29, 0.717) is 22.7 Å². The Kier molecular flexibility index (Phi) is 4.87. The standard InChI is InChI=1S/C18H18N2O3/c1-18(2,3)23-17(21)20-14-9-10-16(13(11-14)12-19)22-15-7-5-4-6-8-15/h4-11H,1-3H3,(H,20,21). The first-order chi connectivity index (χ1) is 10.9. The number of nitrogens with one attached hydrogen (secondary N) is 1. The number of amides is 1. The number of para-hydroxylation sites is 1. The van der Waals surface area contributed by atoms with E-state index >= 15 is 0 Å². The third kappa shape index (κ3) is 5.04. The lowest BCUT2D eigenvalue weighted by atomic mass is 10.2. The summed E-state index contributed by atoms with van der Waals surface area (Å²) >= 11 is 0. The van der Waals surface area contributed by atoms with Gasteiger partial charge in [-0.2, -0.15) is 5.26 Å². The van der Waals surface area contributed by atoms with Gasteiger partial charge in [-0.25, -0.2) is 4.79 Å². The van der Waals surface area contributed by atoms with Gasteiger partial charge in [-0.05, 0) is 51.1 Å². The van der Waals surface area contributed by atoms with Crippen molar-refractivity contribution in [3.05, 3.63) is 54.1 Å². The summed E-state index contributed by atoms with van der Waals surface area (Å²) in [5.41, 5.74) is 0.206. The minimum atomic E-state index is -0.585. The van der Waals surface area contributed by atoms with Crippen LogP contribution in [0.15, 0.2) is 48.5 Å². The minimum Gasteiger partial charge on any atom is -0.456 e. The van der Waals surface area contributed by atoms with Crippen LogP contribution >= 0.6 is 0 Å². The van der Waals surface area contributed by atoms with Gasteiger partial charge in [0.2, 0.25) is 0 Å². The molecule has 0 heterocycles. The number of hydrogen-bond donors (Lipinski definition) is 1. The highest BCUT2D eigenvalue weighted by molar-refractivity contribution is 5.85. The normalized spacial score (nSPS) is 10.5. The van der Waals surface area contributed by atoms with Gasteiger partial charge in [0.05, 0.1) is 5.56 Å². The van der Waals surface area contributed by atoms with Crippen LogP contribution in [0.4, 0.5) is 10.5 Å². The minimum absolute atomic E-state index is 0.322. The summed E-state index contributed by atoms with van der Waals surface area (Å²) in [6.45, 7) is 5.35. The van der Waals surface area contributed by atoms with Crippen molar-refractivity contribution in [2.24, 2.45) is 0 Å². The van der Waals surface area contributed by atoms with Crippen molar-refractivity contribution < 1.29 is 14.3 Å². The molecule has 0 atom stereocenters. The van der Waals surface area contributed by atoms with E-state index in [9.17, 15) is 10.1 Å². The fraction of sp³-hybridized carbons (Fsp3) is 0.222. The first kappa shape index (κ1) is 16.4. The Balaban J connectivity index is 2.14. The van der Waals surface area contributed by atoms with Gasteiger partial charge < -0.3 is 9.47 Å². The fourth-order valence-corrected chi connectivity index (χ4v) is 1.82. The summed E-state index contributed by atoms with van der Waals surface area (Å²) < 4.78 is 10.9. The Labute approximate surface area is 135 Å². The molecule has 0 spiro atoms. The molecule has 0 saturated carbocycles. The van der Waals surface area contributed by atoms with Gasteiger partial charge in [0, 0.05) is 5.69 Å². The number of carbonyl (C=O) groups excluding carboxylic acids is 1. The molecule has 1 N–H and O–H groups in total. The van der Waals surface area contributed by atoms with Gasteiger partial charge in [0.1, 0.15) is 23.2 Å². The summed E-state index contributed by atoms with van der Waals surface area (Å²) in [7, 11) is 0. The van der Waals surface area contributed by atoms with Crippen molar-refractivity contribution >= 4 is 11.8 Å². The molecule has 1 amide bonds. The number of ether oxygens (including phenoxy) is 2. The Morgan fingerprint density at radius 1 is 1.13 bits per heavy atom. The molecular formula is C18H18N2O3. The largest absolute Gasteiger partial charge is 0.456 e. The highest BCUT2D eigenvalue weighted by Gasteiger charge is 2.16. The maximum atomic E-state index is 11.8. The summed E-state index contributed by atoms with van der Waals surface area (Å²) in [6.07, 6.45) is -0.571. The van der Waals surface area contributed by atoms with Crippen LogP contribution in [-0.4, -0.2) is 11.7 Å². The monoisotopic (exact) mass is 310 g/mol. The van der Waals surface area contributed by atoms with E-state index in [2.05, 4.69) is 11.4 Å². The van der Waals surface area contributed by atoms with Crippen LogP contribution in [0, 0.1) is 11.3 Å². The summed E-state index contributed by atoms with van der Waals surface area (Å²) in [4.78, 5) is 11.8. The molecule has 5 nitrogen and oxygen atoms in total. The Bertz CT molecular complexity index is 728. The second kappa shape index (κ2) is 6.84. The predicted molar refractivity (Wildman–Crippen MR) is 87.5 cm³/mol.